The topological polar surface area (TPSA) is 21.1 Å². The normalized spacial score (nSPS) is 10.8. The number of anilines is 1. The van der Waals surface area contributed by atoms with Gasteiger partial charge in [0.25, 0.3) is 0 Å². The van der Waals surface area contributed by atoms with Crippen LogP contribution in [0.15, 0.2) is 97.3 Å². The van der Waals surface area contributed by atoms with Crippen LogP contribution in [0.2, 0.25) is 0 Å². The van der Waals surface area contributed by atoms with Gasteiger partial charge in [-0.05, 0) is 18.6 Å². The molecule has 140 valence electrons. The molecule has 3 nitrogen and oxygen atoms in total. The summed E-state index contributed by atoms with van der Waals surface area (Å²) in [6.45, 7) is 1.93. The first-order valence-corrected chi connectivity index (χ1v) is 9.75. The SMILES string of the molecule is CN(CCCn1cnc(-c2ccccc2)c1-c1ccccc1)c1ccccc1. The second-order valence-electron chi connectivity index (χ2n) is 6.98. The fraction of sp³-hybridized carbons (Fsp3) is 0.160. The Morgan fingerprint density at radius 1 is 0.750 bits per heavy atom. The molecule has 0 fully saturated rings. The molecule has 1 heterocycles. The Kier molecular flexibility index (Phi) is 5.53. The molecule has 0 aliphatic heterocycles. The fourth-order valence-corrected chi connectivity index (χ4v) is 3.55. The van der Waals surface area contributed by atoms with E-state index in [9.17, 15) is 0 Å². The number of aromatic nitrogens is 2. The van der Waals surface area contributed by atoms with Crippen molar-refractivity contribution < 1.29 is 0 Å². The van der Waals surface area contributed by atoms with Crippen LogP contribution in [0.25, 0.3) is 22.5 Å². The van der Waals surface area contributed by atoms with Crippen LogP contribution in [0.1, 0.15) is 6.42 Å². The molecule has 3 heteroatoms. The number of hydrogen-bond donors (Lipinski definition) is 0. The van der Waals surface area contributed by atoms with Crippen molar-refractivity contribution in [2.75, 3.05) is 18.5 Å². The van der Waals surface area contributed by atoms with E-state index >= 15 is 0 Å². The van der Waals surface area contributed by atoms with Gasteiger partial charge in [0, 0.05) is 37.0 Å². The zero-order valence-electron chi connectivity index (χ0n) is 16.2. The van der Waals surface area contributed by atoms with E-state index in [0.29, 0.717) is 0 Å². The Labute approximate surface area is 166 Å². The molecule has 0 N–H and O–H groups in total. The second kappa shape index (κ2) is 8.57. The maximum absolute atomic E-state index is 4.77. The summed E-state index contributed by atoms with van der Waals surface area (Å²) >= 11 is 0. The molecule has 4 rings (SSSR count). The fourth-order valence-electron chi connectivity index (χ4n) is 3.55. The van der Waals surface area contributed by atoms with Gasteiger partial charge in [0.2, 0.25) is 0 Å². The lowest BCUT2D eigenvalue weighted by molar-refractivity contribution is 0.642. The highest BCUT2D eigenvalue weighted by Crippen LogP contribution is 2.31. The van der Waals surface area contributed by atoms with Crippen molar-refractivity contribution in [2.45, 2.75) is 13.0 Å². The highest BCUT2D eigenvalue weighted by atomic mass is 15.1. The van der Waals surface area contributed by atoms with Crippen molar-refractivity contribution in [3.63, 3.8) is 0 Å². The maximum Gasteiger partial charge on any atom is 0.0963 e. The van der Waals surface area contributed by atoms with Crippen LogP contribution in [-0.4, -0.2) is 23.1 Å². The van der Waals surface area contributed by atoms with Gasteiger partial charge in [0.05, 0.1) is 17.7 Å². The van der Waals surface area contributed by atoms with Crippen LogP contribution in [-0.2, 0) is 6.54 Å². The molecule has 0 radical (unpaired) electrons. The van der Waals surface area contributed by atoms with E-state index in [2.05, 4.69) is 101 Å². The van der Waals surface area contributed by atoms with Crippen LogP contribution < -0.4 is 4.90 Å². The van der Waals surface area contributed by atoms with Crippen molar-refractivity contribution in [3.05, 3.63) is 97.3 Å². The zero-order valence-corrected chi connectivity index (χ0v) is 16.2. The lowest BCUT2D eigenvalue weighted by atomic mass is 10.0. The quantitative estimate of drug-likeness (QED) is 0.415. The summed E-state index contributed by atoms with van der Waals surface area (Å²) in [6, 6.07) is 31.5. The minimum absolute atomic E-state index is 0.932. The molecule has 0 saturated heterocycles. The third-order valence-corrected chi connectivity index (χ3v) is 5.02. The van der Waals surface area contributed by atoms with Gasteiger partial charge < -0.3 is 9.47 Å². The van der Waals surface area contributed by atoms with Gasteiger partial charge in [0.1, 0.15) is 0 Å². The van der Waals surface area contributed by atoms with Crippen molar-refractivity contribution in [1.29, 1.82) is 0 Å². The Balaban J connectivity index is 1.56. The Morgan fingerprint density at radius 2 is 1.32 bits per heavy atom. The van der Waals surface area contributed by atoms with E-state index in [4.69, 9.17) is 4.98 Å². The molecular formula is C25H25N3. The summed E-state index contributed by atoms with van der Waals surface area (Å²) in [6.07, 6.45) is 3.03. The van der Waals surface area contributed by atoms with Crippen molar-refractivity contribution in [2.24, 2.45) is 0 Å². The predicted molar refractivity (Wildman–Crippen MR) is 117 cm³/mol. The number of nitrogens with zero attached hydrogens (tertiary/aromatic N) is 3. The Morgan fingerprint density at radius 3 is 1.96 bits per heavy atom. The Bertz CT molecular complexity index is 992. The van der Waals surface area contributed by atoms with Gasteiger partial charge in [-0.3, -0.25) is 0 Å². The Hall–Kier alpha value is -3.33. The van der Waals surface area contributed by atoms with Gasteiger partial charge in [0.15, 0.2) is 0 Å². The van der Waals surface area contributed by atoms with Gasteiger partial charge in [-0.15, -0.1) is 0 Å². The smallest absolute Gasteiger partial charge is 0.0963 e. The first-order valence-electron chi connectivity index (χ1n) is 9.75. The molecule has 0 unspecified atom stereocenters. The minimum atomic E-state index is 0.932. The van der Waals surface area contributed by atoms with Gasteiger partial charge in [-0.2, -0.15) is 0 Å². The molecule has 0 amide bonds. The first-order chi connectivity index (χ1) is 13.8. The van der Waals surface area contributed by atoms with E-state index in [-0.39, 0.29) is 0 Å². The van der Waals surface area contributed by atoms with Crippen LogP contribution in [0.3, 0.4) is 0 Å². The molecule has 0 spiro atoms. The molecular weight excluding hydrogens is 342 g/mol. The molecule has 0 saturated carbocycles. The average molecular weight is 367 g/mol. The summed E-state index contributed by atoms with van der Waals surface area (Å²) < 4.78 is 2.29. The monoisotopic (exact) mass is 367 g/mol. The van der Waals surface area contributed by atoms with Gasteiger partial charge in [-0.1, -0.05) is 78.9 Å². The number of rotatable bonds is 7. The molecule has 0 aliphatic rings. The van der Waals surface area contributed by atoms with E-state index < -0.39 is 0 Å². The minimum Gasteiger partial charge on any atom is -0.375 e. The van der Waals surface area contributed by atoms with E-state index in [1.54, 1.807) is 0 Å². The molecule has 4 aromatic rings. The summed E-state index contributed by atoms with van der Waals surface area (Å²) in [5.41, 5.74) is 5.84. The number of aryl methyl sites for hydroxylation is 1. The van der Waals surface area contributed by atoms with Gasteiger partial charge >= 0.3 is 0 Å². The molecule has 0 aliphatic carbocycles. The maximum atomic E-state index is 4.77. The first kappa shape index (κ1) is 18.1. The van der Waals surface area contributed by atoms with Gasteiger partial charge in [-0.25, -0.2) is 4.98 Å². The summed E-state index contributed by atoms with van der Waals surface area (Å²) in [5.74, 6) is 0. The molecule has 3 aromatic carbocycles. The van der Waals surface area contributed by atoms with Crippen LogP contribution in [0.4, 0.5) is 5.69 Å². The van der Waals surface area contributed by atoms with Crippen LogP contribution in [0, 0.1) is 0 Å². The van der Waals surface area contributed by atoms with E-state index in [0.717, 1.165) is 30.8 Å². The zero-order chi connectivity index (χ0) is 19.2. The predicted octanol–water partition coefficient (Wildman–Crippen LogP) is 5.74. The summed E-state index contributed by atoms with van der Waals surface area (Å²) in [5, 5.41) is 0. The largest absolute Gasteiger partial charge is 0.375 e. The van der Waals surface area contributed by atoms with Crippen LogP contribution in [0.5, 0.6) is 0 Å². The molecule has 1 aromatic heterocycles. The van der Waals surface area contributed by atoms with E-state index in [1.807, 2.05) is 12.4 Å². The third-order valence-electron chi connectivity index (χ3n) is 5.02. The number of para-hydroxylation sites is 1. The molecule has 0 bridgehead atoms. The molecule has 28 heavy (non-hydrogen) atoms. The molecule has 0 atom stereocenters. The summed E-state index contributed by atoms with van der Waals surface area (Å²) in [4.78, 5) is 7.07. The number of hydrogen-bond acceptors (Lipinski definition) is 2. The lowest BCUT2D eigenvalue weighted by Crippen LogP contribution is -2.19. The lowest BCUT2D eigenvalue weighted by Gasteiger charge is -2.19. The highest BCUT2D eigenvalue weighted by Gasteiger charge is 2.14. The second-order valence-corrected chi connectivity index (χ2v) is 6.98. The highest BCUT2D eigenvalue weighted by molar-refractivity contribution is 5.78. The number of imidazole rings is 1. The third kappa shape index (κ3) is 3.99. The van der Waals surface area contributed by atoms with E-state index in [1.165, 1.54) is 16.9 Å². The standard InChI is InChI=1S/C25H25N3/c1-27(23-16-9-4-10-17-23)18-11-19-28-20-26-24(21-12-5-2-6-13-21)25(28)22-14-7-3-8-15-22/h2-10,12-17,20H,11,18-19H2,1H3. The van der Waals surface area contributed by atoms with Crippen LogP contribution >= 0.6 is 0 Å². The summed E-state index contributed by atoms with van der Waals surface area (Å²) in [7, 11) is 2.15. The van der Waals surface area contributed by atoms with Crippen molar-refractivity contribution in [3.8, 4) is 22.5 Å². The average Bonchev–Trinajstić information content (AvgIpc) is 3.19. The van der Waals surface area contributed by atoms with Crippen molar-refractivity contribution >= 4 is 5.69 Å². The number of benzene rings is 3. The van der Waals surface area contributed by atoms with Crippen molar-refractivity contribution in [1.82, 2.24) is 9.55 Å².